The summed E-state index contributed by atoms with van der Waals surface area (Å²) < 4.78 is 0. The van der Waals surface area contributed by atoms with Gasteiger partial charge in [-0.05, 0) is 43.4 Å². The first-order valence-electron chi connectivity index (χ1n) is 9.87. The van der Waals surface area contributed by atoms with Crippen molar-refractivity contribution in [2.24, 2.45) is 16.1 Å². The normalized spacial score (nSPS) is 18.7. The number of nitriles is 1. The van der Waals surface area contributed by atoms with Crippen molar-refractivity contribution in [3.05, 3.63) is 41.0 Å². The van der Waals surface area contributed by atoms with Crippen LogP contribution in [0, 0.1) is 24.2 Å². The molecule has 2 rings (SSSR count). The van der Waals surface area contributed by atoms with Crippen LogP contribution in [0.3, 0.4) is 0 Å². The van der Waals surface area contributed by atoms with Gasteiger partial charge in [-0.2, -0.15) is 15.5 Å². The highest BCUT2D eigenvalue weighted by Gasteiger charge is 2.40. The van der Waals surface area contributed by atoms with Gasteiger partial charge in [-0.15, -0.1) is 0 Å². The van der Waals surface area contributed by atoms with E-state index in [-0.39, 0.29) is 11.5 Å². The molecule has 148 valence electrons. The second-order valence-electron chi connectivity index (χ2n) is 7.24. The largest absolute Gasteiger partial charge is 0.275 e. The Bertz CT molecular complexity index is 835. The van der Waals surface area contributed by atoms with E-state index < -0.39 is 17.9 Å². The van der Waals surface area contributed by atoms with Crippen molar-refractivity contribution in [1.82, 2.24) is 4.90 Å². The summed E-state index contributed by atoms with van der Waals surface area (Å²) in [5, 5.41) is 17.9. The Labute approximate surface area is 166 Å². The molecule has 6 heteroatoms. The standard InChI is InChI=1S/C22H28N4O2/c1-5-7-11-17(6-2)14-26-21(27)18(13-23)16(4)20(22(26)28)25-24-19-12-9-8-10-15(19)3/h8-10,12,17,20H,5-7,11,14H2,1-4H3. The third-order valence-corrected chi connectivity index (χ3v) is 5.26. The lowest BCUT2D eigenvalue weighted by Gasteiger charge is -2.31. The molecule has 1 aromatic carbocycles. The molecular weight excluding hydrogens is 352 g/mol. The number of hydrogen-bond acceptors (Lipinski definition) is 5. The van der Waals surface area contributed by atoms with E-state index in [1.54, 1.807) is 6.92 Å². The molecule has 28 heavy (non-hydrogen) atoms. The van der Waals surface area contributed by atoms with Crippen LogP contribution in [0.2, 0.25) is 0 Å². The summed E-state index contributed by atoms with van der Waals surface area (Å²) in [7, 11) is 0. The zero-order chi connectivity index (χ0) is 20.7. The summed E-state index contributed by atoms with van der Waals surface area (Å²) in [6.45, 7) is 8.02. The molecular formula is C22H28N4O2. The monoisotopic (exact) mass is 380 g/mol. The number of carbonyl (C=O) groups is 2. The van der Waals surface area contributed by atoms with Gasteiger partial charge in [0.05, 0.1) is 5.69 Å². The number of aryl methyl sites for hydroxylation is 1. The van der Waals surface area contributed by atoms with Crippen LogP contribution in [0.5, 0.6) is 0 Å². The molecule has 2 unspecified atom stereocenters. The molecule has 1 aromatic rings. The number of hydrogen-bond donors (Lipinski definition) is 0. The van der Waals surface area contributed by atoms with Crippen LogP contribution >= 0.6 is 0 Å². The maximum atomic E-state index is 13.0. The van der Waals surface area contributed by atoms with Crippen LogP contribution in [0.1, 0.15) is 52.0 Å². The molecule has 2 atom stereocenters. The number of rotatable bonds is 8. The smallest absolute Gasteiger partial charge is 0.271 e. The molecule has 0 aromatic heterocycles. The summed E-state index contributed by atoms with van der Waals surface area (Å²) in [5.41, 5.74) is 1.97. The predicted octanol–water partition coefficient (Wildman–Crippen LogP) is 4.87. The topological polar surface area (TPSA) is 85.9 Å². The highest BCUT2D eigenvalue weighted by Crippen LogP contribution is 2.27. The van der Waals surface area contributed by atoms with Gasteiger partial charge in [0.2, 0.25) is 0 Å². The van der Waals surface area contributed by atoms with Gasteiger partial charge in [-0.25, -0.2) is 0 Å². The number of azo groups is 1. The highest BCUT2D eigenvalue weighted by molar-refractivity contribution is 6.12. The first-order chi connectivity index (χ1) is 13.4. The van der Waals surface area contributed by atoms with Crippen LogP contribution in [0.4, 0.5) is 5.69 Å². The minimum absolute atomic E-state index is 0.00122. The molecule has 0 radical (unpaired) electrons. The fourth-order valence-electron chi connectivity index (χ4n) is 3.29. The molecule has 1 heterocycles. The molecule has 0 spiro atoms. The van der Waals surface area contributed by atoms with Crippen molar-refractivity contribution in [2.75, 3.05) is 6.54 Å². The van der Waals surface area contributed by atoms with Gasteiger partial charge in [-0.3, -0.25) is 14.5 Å². The molecule has 1 aliphatic heterocycles. The van der Waals surface area contributed by atoms with Crippen molar-refractivity contribution in [3.63, 3.8) is 0 Å². The SMILES string of the molecule is CCCCC(CC)CN1C(=O)C(C#N)=C(C)C(N=Nc2ccccc2C)C1=O. The summed E-state index contributed by atoms with van der Waals surface area (Å²) >= 11 is 0. The molecule has 0 saturated carbocycles. The maximum absolute atomic E-state index is 13.0. The Balaban J connectivity index is 2.33. The number of benzene rings is 1. The van der Waals surface area contributed by atoms with E-state index in [4.69, 9.17) is 0 Å². The van der Waals surface area contributed by atoms with Gasteiger partial charge in [0, 0.05) is 6.54 Å². The molecule has 6 nitrogen and oxygen atoms in total. The van der Waals surface area contributed by atoms with Crippen LogP contribution in [-0.2, 0) is 9.59 Å². The first kappa shape index (κ1) is 21.5. The molecule has 0 saturated heterocycles. The Morgan fingerprint density at radius 2 is 1.93 bits per heavy atom. The second-order valence-corrected chi connectivity index (χ2v) is 7.24. The summed E-state index contributed by atoms with van der Waals surface area (Å²) in [5.74, 6) is -0.684. The maximum Gasteiger partial charge on any atom is 0.271 e. The van der Waals surface area contributed by atoms with Crippen LogP contribution < -0.4 is 0 Å². The van der Waals surface area contributed by atoms with E-state index in [1.807, 2.05) is 37.3 Å². The Morgan fingerprint density at radius 1 is 1.21 bits per heavy atom. The average molecular weight is 380 g/mol. The molecule has 0 bridgehead atoms. The number of amides is 2. The fraction of sp³-hybridized carbons (Fsp3) is 0.500. The molecule has 0 fully saturated rings. The number of unbranched alkanes of at least 4 members (excludes halogenated alkanes) is 1. The Hall–Kier alpha value is -2.81. The van der Waals surface area contributed by atoms with Gasteiger partial charge >= 0.3 is 0 Å². The zero-order valence-electron chi connectivity index (χ0n) is 17.1. The van der Waals surface area contributed by atoms with Crippen LogP contribution in [-0.4, -0.2) is 29.3 Å². The van der Waals surface area contributed by atoms with E-state index in [2.05, 4.69) is 24.1 Å². The van der Waals surface area contributed by atoms with Gasteiger partial charge in [0.1, 0.15) is 11.6 Å². The van der Waals surface area contributed by atoms with Crippen molar-refractivity contribution in [2.45, 2.75) is 59.4 Å². The van der Waals surface area contributed by atoms with Crippen LogP contribution in [0.25, 0.3) is 0 Å². The third kappa shape index (κ3) is 4.72. The third-order valence-electron chi connectivity index (χ3n) is 5.26. The van der Waals surface area contributed by atoms with E-state index in [1.165, 1.54) is 4.90 Å². The predicted molar refractivity (Wildman–Crippen MR) is 108 cm³/mol. The van der Waals surface area contributed by atoms with Crippen molar-refractivity contribution in [1.29, 1.82) is 5.26 Å². The number of carbonyl (C=O) groups excluding carboxylic acids is 2. The molecule has 0 aliphatic carbocycles. The Kier molecular flexibility index (Phi) is 7.62. The zero-order valence-corrected chi connectivity index (χ0v) is 17.1. The first-order valence-corrected chi connectivity index (χ1v) is 9.87. The van der Waals surface area contributed by atoms with Crippen molar-refractivity contribution < 1.29 is 9.59 Å². The minimum atomic E-state index is -0.935. The lowest BCUT2D eigenvalue weighted by atomic mass is 9.93. The highest BCUT2D eigenvalue weighted by atomic mass is 16.2. The van der Waals surface area contributed by atoms with E-state index in [0.29, 0.717) is 17.8 Å². The fourth-order valence-corrected chi connectivity index (χ4v) is 3.29. The summed E-state index contributed by atoms with van der Waals surface area (Å²) in [6, 6.07) is 8.51. The average Bonchev–Trinajstić information content (AvgIpc) is 2.69. The lowest BCUT2D eigenvalue weighted by Crippen LogP contribution is -2.49. The van der Waals surface area contributed by atoms with Crippen molar-refractivity contribution in [3.8, 4) is 6.07 Å². The quantitative estimate of drug-likeness (QED) is 0.476. The van der Waals surface area contributed by atoms with Crippen molar-refractivity contribution >= 4 is 17.5 Å². The molecule has 2 amide bonds. The van der Waals surface area contributed by atoms with E-state index in [0.717, 1.165) is 31.2 Å². The van der Waals surface area contributed by atoms with E-state index in [9.17, 15) is 14.9 Å². The second kappa shape index (κ2) is 9.93. The number of nitrogens with zero attached hydrogens (tertiary/aromatic N) is 4. The van der Waals surface area contributed by atoms with E-state index >= 15 is 0 Å². The van der Waals surface area contributed by atoms with Gasteiger partial charge < -0.3 is 0 Å². The van der Waals surface area contributed by atoms with Gasteiger partial charge in [0.25, 0.3) is 11.8 Å². The Morgan fingerprint density at radius 3 is 2.54 bits per heavy atom. The lowest BCUT2D eigenvalue weighted by molar-refractivity contribution is -0.144. The summed E-state index contributed by atoms with van der Waals surface area (Å²) in [4.78, 5) is 27.0. The van der Waals surface area contributed by atoms with Crippen LogP contribution in [0.15, 0.2) is 45.6 Å². The van der Waals surface area contributed by atoms with Gasteiger partial charge in [0.15, 0.2) is 6.04 Å². The number of imide groups is 1. The minimum Gasteiger partial charge on any atom is -0.275 e. The molecule has 0 N–H and O–H groups in total. The van der Waals surface area contributed by atoms with Gasteiger partial charge in [-0.1, -0.05) is 51.3 Å². The molecule has 1 aliphatic rings. The summed E-state index contributed by atoms with van der Waals surface area (Å²) in [6.07, 6.45) is 3.93.